The van der Waals surface area contributed by atoms with Gasteiger partial charge in [0.15, 0.2) is 0 Å². The fourth-order valence-electron chi connectivity index (χ4n) is 9.35. The molecular weight excluding hydrogens is 705 g/mol. The number of ether oxygens (including phenoxy) is 1. The van der Waals surface area contributed by atoms with E-state index in [0.29, 0.717) is 0 Å². The second kappa shape index (κ2) is 13.4. The fraction of sp³-hybridized carbons (Fsp3) is 0.0545. The van der Waals surface area contributed by atoms with E-state index in [-0.39, 0.29) is 5.41 Å². The van der Waals surface area contributed by atoms with Crippen molar-refractivity contribution in [3.05, 3.63) is 217 Å². The maximum atomic E-state index is 7.08. The highest BCUT2D eigenvalue weighted by Gasteiger charge is 2.39. The molecule has 0 amide bonds. The molecular formula is C55H40N2O. The predicted octanol–water partition coefficient (Wildman–Crippen LogP) is 15.5. The molecule has 1 heterocycles. The van der Waals surface area contributed by atoms with Gasteiger partial charge in [-0.3, -0.25) is 0 Å². The number of para-hydroxylation sites is 2. The summed E-state index contributed by atoms with van der Waals surface area (Å²) < 4.78 is 7.08. The molecule has 3 heteroatoms. The Kier molecular flexibility index (Phi) is 7.84. The van der Waals surface area contributed by atoms with Gasteiger partial charge in [0.25, 0.3) is 0 Å². The summed E-state index contributed by atoms with van der Waals surface area (Å²) in [5.74, 6) is 1.68. The minimum absolute atomic E-state index is 0.210. The van der Waals surface area contributed by atoms with Gasteiger partial charge in [-0.05, 0) is 105 Å². The van der Waals surface area contributed by atoms with Crippen LogP contribution in [0, 0.1) is 0 Å². The first kappa shape index (κ1) is 33.9. The molecule has 58 heavy (non-hydrogen) atoms. The summed E-state index contributed by atoms with van der Waals surface area (Å²) in [6, 6.07) is 74.1. The lowest BCUT2D eigenvalue weighted by atomic mass is 9.81. The maximum absolute atomic E-state index is 7.08. The number of rotatable bonds is 7. The second-order valence-electron chi connectivity index (χ2n) is 15.8. The first-order valence-electron chi connectivity index (χ1n) is 20.0. The number of benzene rings is 9. The molecule has 0 saturated heterocycles. The summed E-state index contributed by atoms with van der Waals surface area (Å²) in [5, 5.41) is 2.26. The van der Waals surface area contributed by atoms with Crippen LogP contribution in [0.2, 0.25) is 0 Å². The molecule has 9 aromatic rings. The maximum Gasteiger partial charge on any atom is 0.138 e. The van der Waals surface area contributed by atoms with Crippen molar-refractivity contribution in [2.24, 2.45) is 0 Å². The number of hydrogen-bond donors (Lipinski definition) is 0. The molecule has 0 atom stereocenters. The average Bonchev–Trinajstić information content (AvgIpc) is 3.51. The smallest absolute Gasteiger partial charge is 0.138 e. The molecule has 0 spiro atoms. The minimum Gasteiger partial charge on any atom is -0.456 e. The van der Waals surface area contributed by atoms with Crippen LogP contribution in [-0.4, -0.2) is 0 Å². The predicted molar refractivity (Wildman–Crippen MR) is 242 cm³/mol. The van der Waals surface area contributed by atoms with Crippen molar-refractivity contribution < 1.29 is 4.74 Å². The first-order chi connectivity index (χ1) is 28.5. The van der Waals surface area contributed by atoms with Gasteiger partial charge in [0.1, 0.15) is 11.5 Å². The molecule has 1 aliphatic heterocycles. The van der Waals surface area contributed by atoms with E-state index in [1.165, 1.54) is 38.9 Å². The summed E-state index contributed by atoms with van der Waals surface area (Å²) in [7, 11) is 0. The highest BCUT2D eigenvalue weighted by molar-refractivity contribution is 6.07. The normalized spacial score (nSPS) is 12.9. The van der Waals surface area contributed by atoms with E-state index in [2.05, 4.69) is 230 Å². The molecule has 0 aromatic heterocycles. The zero-order valence-corrected chi connectivity index (χ0v) is 32.4. The zero-order valence-electron chi connectivity index (χ0n) is 32.4. The third-order valence-electron chi connectivity index (χ3n) is 12.0. The lowest BCUT2D eigenvalue weighted by molar-refractivity contribution is 0.487. The highest BCUT2D eigenvalue weighted by Crippen LogP contribution is 2.56. The highest BCUT2D eigenvalue weighted by atomic mass is 16.5. The molecule has 0 saturated carbocycles. The Morgan fingerprint density at radius 1 is 0.379 bits per heavy atom. The van der Waals surface area contributed by atoms with Crippen LogP contribution in [0.1, 0.15) is 25.0 Å². The summed E-state index contributed by atoms with van der Waals surface area (Å²) in [6.45, 7) is 4.72. The molecule has 0 N–H and O–H groups in total. The zero-order chi connectivity index (χ0) is 38.8. The van der Waals surface area contributed by atoms with Gasteiger partial charge in [-0.25, -0.2) is 0 Å². The second-order valence-corrected chi connectivity index (χ2v) is 15.8. The molecule has 276 valence electrons. The van der Waals surface area contributed by atoms with E-state index in [0.717, 1.165) is 62.0 Å². The summed E-state index contributed by atoms with van der Waals surface area (Å²) in [6.07, 6.45) is 0. The van der Waals surface area contributed by atoms with Crippen LogP contribution in [0.4, 0.5) is 34.1 Å². The Morgan fingerprint density at radius 2 is 0.948 bits per heavy atom. The Morgan fingerprint density at radius 3 is 1.69 bits per heavy atom. The Hall–Kier alpha value is -7.36. The van der Waals surface area contributed by atoms with Crippen LogP contribution in [0.15, 0.2) is 206 Å². The van der Waals surface area contributed by atoms with Crippen molar-refractivity contribution in [3.63, 3.8) is 0 Å². The third-order valence-corrected chi connectivity index (χ3v) is 12.0. The minimum atomic E-state index is -0.210. The van der Waals surface area contributed by atoms with Crippen molar-refractivity contribution >= 4 is 44.9 Å². The summed E-state index contributed by atoms with van der Waals surface area (Å²) in [4.78, 5) is 4.72. The third kappa shape index (κ3) is 5.43. The van der Waals surface area contributed by atoms with Crippen molar-refractivity contribution in [1.82, 2.24) is 0 Å². The number of anilines is 6. The monoisotopic (exact) mass is 744 g/mol. The van der Waals surface area contributed by atoms with Crippen molar-refractivity contribution in [3.8, 4) is 44.9 Å². The van der Waals surface area contributed by atoms with Crippen molar-refractivity contribution in [1.29, 1.82) is 0 Å². The van der Waals surface area contributed by atoms with Crippen LogP contribution in [0.25, 0.3) is 44.2 Å². The number of fused-ring (bicyclic) bond motifs is 5. The molecule has 0 fully saturated rings. The Labute approximate surface area is 339 Å². The van der Waals surface area contributed by atoms with Gasteiger partial charge in [0.2, 0.25) is 0 Å². The van der Waals surface area contributed by atoms with E-state index in [1.54, 1.807) is 0 Å². The van der Waals surface area contributed by atoms with Crippen LogP contribution in [0.5, 0.6) is 11.5 Å². The molecule has 9 aromatic carbocycles. The van der Waals surface area contributed by atoms with Gasteiger partial charge in [0, 0.05) is 51.2 Å². The lowest BCUT2D eigenvalue weighted by Crippen LogP contribution is -2.20. The molecule has 11 rings (SSSR count). The van der Waals surface area contributed by atoms with Crippen LogP contribution < -0.4 is 14.5 Å². The largest absolute Gasteiger partial charge is 0.456 e. The first-order valence-corrected chi connectivity index (χ1v) is 20.0. The summed E-state index contributed by atoms with van der Waals surface area (Å²) >= 11 is 0. The topological polar surface area (TPSA) is 15.7 Å². The van der Waals surface area contributed by atoms with Crippen LogP contribution in [-0.2, 0) is 5.41 Å². The molecule has 3 nitrogen and oxygen atoms in total. The Balaban J connectivity index is 1.09. The molecule has 0 bridgehead atoms. The van der Waals surface area contributed by atoms with Gasteiger partial charge in [0.05, 0.1) is 11.4 Å². The van der Waals surface area contributed by atoms with E-state index in [9.17, 15) is 0 Å². The van der Waals surface area contributed by atoms with Gasteiger partial charge in [-0.2, -0.15) is 0 Å². The quantitative estimate of drug-likeness (QED) is 0.162. The molecule has 1 aliphatic carbocycles. The van der Waals surface area contributed by atoms with Crippen molar-refractivity contribution in [2.45, 2.75) is 19.3 Å². The van der Waals surface area contributed by atoms with Crippen LogP contribution >= 0.6 is 0 Å². The molecule has 2 aliphatic rings. The van der Waals surface area contributed by atoms with Gasteiger partial charge in [-0.15, -0.1) is 0 Å². The van der Waals surface area contributed by atoms with Gasteiger partial charge >= 0.3 is 0 Å². The fourth-order valence-corrected chi connectivity index (χ4v) is 9.35. The van der Waals surface area contributed by atoms with Gasteiger partial charge in [-0.1, -0.05) is 147 Å². The number of nitrogens with zero attached hydrogens (tertiary/aromatic N) is 2. The molecule has 0 unspecified atom stereocenters. The van der Waals surface area contributed by atoms with E-state index in [4.69, 9.17) is 4.74 Å². The standard InChI is InChI=1S/C55H40N2O/c1-55(2)49-26-13-12-23-45(49)48-25-15-27-50(54(48)55)57(42-30-28-38(29-31-42)37-16-6-3-7-17-37)44-34-39-18-14-24-47-46-33-32-43(35-51(46)58-52(36-44)53(39)47)56(40-19-8-4-9-20-40)41-21-10-5-11-22-41/h3-36H,1-2H3. The van der Waals surface area contributed by atoms with E-state index in [1.807, 2.05) is 0 Å². The lowest BCUT2D eigenvalue weighted by Gasteiger charge is -2.33. The number of hydrogen-bond acceptors (Lipinski definition) is 3. The van der Waals surface area contributed by atoms with E-state index < -0.39 is 0 Å². The van der Waals surface area contributed by atoms with Crippen molar-refractivity contribution in [2.75, 3.05) is 9.80 Å². The molecule has 0 radical (unpaired) electrons. The van der Waals surface area contributed by atoms with Crippen LogP contribution in [0.3, 0.4) is 0 Å². The van der Waals surface area contributed by atoms with E-state index >= 15 is 0 Å². The van der Waals surface area contributed by atoms with Gasteiger partial charge < -0.3 is 14.5 Å². The SMILES string of the molecule is CC1(C)c2ccccc2-c2cccc(N(c3ccc(-c4ccccc4)cc3)c3cc4c5c(cccc5c3)-c3ccc(N(c5ccccc5)c5ccccc5)cc3O4)c21. The summed E-state index contributed by atoms with van der Waals surface area (Å²) in [5.41, 5.74) is 16.2. The Bertz CT molecular complexity index is 2950. The average molecular weight is 745 g/mol.